The van der Waals surface area contributed by atoms with Gasteiger partial charge < -0.3 is 30.5 Å². The molecule has 1 atom stereocenters. The summed E-state index contributed by atoms with van der Waals surface area (Å²) in [5, 5.41) is 8.63. The quantitative estimate of drug-likeness (QED) is 0.315. The van der Waals surface area contributed by atoms with E-state index >= 15 is 4.39 Å². The lowest BCUT2D eigenvalue weighted by Gasteiger charge is -2.37. The van der Waals surface area contributed by atoms with Crippen molar-refractivity contribution in [3.05, 3.63) is 58.4 Å². The van der Waals surface area contributed by atoms with E-state index in [4.69, 9.17) is 16.3 Å². The van der Waals surface area contributed by atoms with Crippen LogP contribution in [0, 0.1) is 5.82 Å². The van der Waals surface area contributed by atoms with Gasteiger partial charge in [-0.2, -0.15) is 13.2 Å². The van der Waals surface area contributed by atoms with Gasteiger partial charge in [-0.15, -0.1) is 0 Å². The van der Waals surface area contributed by atoms with Gasteiger partial charge in [0.05, 0.1) is 29.4 Å². The highest BCUT2D eigenvalue weighted by atomic mass is 35.5. The van der Waals surface area contributed by atoms with Crippen LogP contribution in [-0.4, -0.2) is 91.5 Å². The Morgan fingerprint density at radius 2 is 1.72 bits per heavy atom. The van der Waals surface area contributed by atoms with Gasteiger partial charge in [0.2, 0.25) is 0 Å². The third kappa shape index (κ3) is 10.4. The van der Waals surface area contributed by atoms with Gasteiger partial charge in [-0.1, -0.05) is 17.7 Å². The molecule has 10 nitrogen and oxygen atoms in total. The zero-order valence-electron chi connectivity index (χ0n) is 26.0. The van der Waals surface area contributed by atoms with Gasteiger partial charge in [0.1, 0.15) is 11.4 Å². The third-order valence-electron chi connectivity index (χ3n) is 7.55. The second-order valence-corrected chi connectivity index (χ2v) is 12.8. The van der Waals surface area contributed by atoms with Crippen LogP contribution < -0.4 is 20.9 Å². The Hall–Kier alpha value is -3.78. The van der Waals surface area contributed by atoms with Crippen molar-refractivity contribution in [1.29, 1.82) is 0 Å². The molecule has 2 aromatic carbocycles. The fourth-order valence-corrected chi connectivity index (χ4v) is 5.40. The van der Waals surface area contributed by atoms with E-state index in [1.54, 1.807) is 48.8 Å². The van der Waals surface area contributed by atoms with Crippen LogP contribution in [0.15, 0.2) is 36.4 Å². The number of carbonyl (C=O) groups is 3. The minimum atomic E-state index is -4.22. The van der Waals surface area contributed by atoms with Gasteiger partial charge >= 0.3 is 18.3 Å². The number of nitrogens with one attached hydrogen (secondary N) is 3. The van der Waals surface area contributed by atoms with Crippen molar-refractivity contribution in [2.75, 3.05) is 56.0 Å². The Morgan fingerprint density at radius 3 is 2.37 bits per heavy atom. The molecule has 252 valence electrons. The number of ether oxygens (including phenoxy) is 1. The standard InChI is InChI=1S/C31H39ClF4N6O4/c1-30(2,3)46-29(45)38-22-8-10-42(19-22)28(44)37-18-20-4-6-23(24(33)16-20)27(43)39-25-7-5-21(32)17-26(25)41-14-12-40(13-15-41)11-9-31(34,35)36/h4-7,16-17,22H,8-15,18-19H2,1-3H3,(H,37,44)(H,38,45)(H,39,43)/t22-/m0/s1. The summed E-state index contributed by atoms with van der Waals surface area (Å²) in [7, 11) is 0. The molecule has 2 aliphatic heterocycles. The summed E-state index contributed by atoms with van der Waals surface area (Å²) in [5.41, 5.74) is 0.581. The summed E-state index contributed by atoms with van der Waals surface area (Å²) in [6, 6.07) is 8.26. The molecule has 0 aliphatic carbocycles. The van der Waals surface area contributed by atoms with E-state index in [9.17, 15) is 27.6 Å². The number of amides is 4. The predicted molar refractivity (Wildman–Crippen MR) is 167 cm³/mol. The van der Waals surface area contributed by atoms with Crippen LogP contribution in [0.5, 0.6) is 0 Å². The molecule has 3 N–H and O–H groups in total. The largest absolute Gasteiger partial charge is 0.444 e. The van der Waals surface area contributed by atoms with Crippen LogP contribution >= 0.6 is 11.6 Å². The fraction of sp³-hybridized carbons (Fsp3) is 0.516. The van der Waals surface area contributed by atoms with Crippen molar-refractivity contribution in [1.82, 2.24) is 20.4 Å². The lowest BCUT2D eigenvalue weighted by Crippen LogP contribution is -2.47. The first-order valence-corrected chi connectivity index (χ1v) is 15.4. The van der Waals surface area contributed by atoms with E-state index in [2.05, 4.69) is 16.0 Å². The molecule has 15 heteroatoms. The Bertz CT molecular complexity index is 1410. The average Bonchev–Trinajstić information content (AvgIpc) is 3.43. The molecule has 2 heterocycles. The van der Waals surface area contributed by atoms with Crippen molar-refractivity contribution in [3.63, 3.8) is 0 Å². The number of nitrogens with zero attached hydrogens (tertiary/aromatic N) is 3. The second-order valence-electron chi connectivity index (χ2n) is 12.4. The van der Waals surface area contributed by atoms with Crippen LogP contribution in [0.2, 0.25) is 5.02 Å². The lowest BCUT2D eigenvalue weighted by molar-refractivity contribution is -0.138. The molecule has 0 radical (unpaired) electrons. The second kappa shape index (κ2) is 14.8. The third-order valence-corrected chi connectivity index (χ3v) is 7.79. The van der Waals surface area contributed by atoms with Crippen LogP contribution in [0.4, 0.5) is 38.5 Å². The summed E-state index contributed by atoms with van der Waals surface area (Å²) < 4.78 is 58.2. The number of piperazine rings is 1. The highest BCUT2D eigenvalue weighted by Gasteiger charge is 2.30. The van der Waals surface area contributed by atoms with Gasteiger partial charge in [-0.05, 0) is 63.1 Å². The number of halogens is 5. The number of carbonyl (C=O) groups excluding carboxylic acids is 3. The highest BCUT2D eigenvalue weighted by Crippen LogP contribution is 2.31. The van der Waals surface area contributed by atoms with E-state index < -0.39 is 36.0 Å². The minimum Gasteiger partial charge on any atom is -0.444 e. The summed E-state index contributed by atoms with van der Waals surface area (Å²) in [5.74, 6) is -1.47. The molecule has 2 saturated heterocycles. The maximum absolute atomic E-state index is 15.1. The SMILES string of the molecule is CC(C)(C)OC(=O)N[C@H]1CCN(C(=O)NCc2ccc(C(=O)Nc3ccc(Cl)cc3N3CCN(CCC(F)(F)F)CC3)c(F)c2)C1. The molecule has 2 aromatic rings. The Morgan fingerprint density at radius 1 is 1.00 bits per heavy atom. The number of urea groups is 1. The van der Waals surface area contributed by atoms with Gasteiger partial charge in [0, 0.05) is 57.4 Å². The molecule has 2 aliphatic rings. The van der Waals surface area contributed by atoms with E-state index in [-0.39, 0.29) is 30.7 Å². The van der Waals surface area contributed by atoms with E-state index in [0.29, 0.717) is 67.7 Å². The zero-order chi connectivity index (χ0) is 33.6. The van der Waals surface area contributed by atoms with Crippen LogP contribution in [-0.2, 0) is 11.3 Å². The molecule has 46 heavy (non-hydrogen) atoms. The molecule has 0 bridgehead atoms. The van der Waals surface area contributed by atoms with Gasteiger partial charge in [-0.25, -0.2) is 14.0 Å². The van der Waals surface area contributed by atoms with Crippen LogP contribution in [0.3, 0.4) is 0 Å². The number of benzene rings is 2. The minimum absolute atomic E-state index is 0.0224. The van der Waals surface area contributed by atoms with E-state index in [0.717, 1.165) is 0 Å². The molecule has 4 amide bonds. The predicted octanol–water partition coefficient (Wildman–Crippen LogP) is 5.61. The number of anilines is 2. The molecule has 4 rings (SSSR count). The van der Waals surface area contributed by atoms with Crippen LogP contribution in [0.25, 0.3) is 0 Å². The first kappa shape index (κ1) is 35.1. The molecular weight excluding hydrogens is 632 g/mol. The zero-order valence-corrected chi connectivity index (χ0v) is 26.7. The smallest absolute Gasteiger partial charge is 0.407 e. The van der Waals surface area contributed by atoms with Crippen molar-refractivity contribution in [2.24, 2.45) is 0 Å². The maximum atomic E-state index is 15.1. The summed E-state index contributed by atoms with van der Waals surface area (Å²) in [6.07, 6.45) is -5.08. The number of alkyl carbamates (subject to hydrolysis) is 1. The summed E-state index contributed by atoms with van der Waals surface area (Å²) in [4.78, 5) is 43.0. The van der Waals surface area contributed by atoms with E-state index in [1.165, 1.54) is 18.2 Å². The van der Waals surface area contributed by atoms with Crippen molar-refractivity contribution < 1.29 is 36.7 Å². The van der Waals surface area contributed by atoms with Gasteiger partial charge in [-0.3, -0.25) is 9.69 Å². The molecule has 0 spiro atoms. The van der Waals surface area contributed by atoms with Crippen molar-refractivity contribution >= 4 is 41.0 Å². The number of hydrogen-bond donors (Lipinski definition) is 3. The number of likely N-dealkylation sites (tertiary alicyclic amines) is 1. The van der Waals surface area contributed by atoms with Gasteiger partial charge in [0.25, 0.3) is 5.91 Å². The van der Waals surface area contributed by atoms with Gasteiger partial charge in [0.15, 0.2) is 0 Å². The van der Waals surface area contributed by atoms with Crippen molar-refractivity contribution in [2.45, 2.75) is 58.0 Å². The Balaban J connectivity index is 1.30. The average molecular weight is 671 g/mol. The lowest BCUT2D eigenvalue weighted by atomic mass is 10.1. The number of hydrogen-bond acceptors (Lipinski definition) is 6. The van der Waals surface area contributed by atoms with Crippen molar-refractivity contribution in [3.8, 4) is 0 Å². The summed E-state index contributed by atoms with van der Waals surface area (Å²) in [6.45, 7) is 7.63. The molecular formula is C31H39ClF4N6O4. The normalized spacial score (nSPS) is 17.5. The topological polar surface area (TPSA) is 106 Å². The number of rotatable bonds is 8. The maximum Gasteiger partial charge on any atom is 0.407 e. The Kier molecular flexibility index (Phi) is 11.3. The molecule has 0 aromatic heterocycles. The van der Waals surface area contributed by atoms with E-state index in [1.807, 2.05) is 4.90 Å². The summed E-state index contributed by atoms with van der Waals surface area (Å²) >= 11 is 6.21. The van der Waals surface area contributed by atoms with Crippen LogP contribution in [0.1, 0.15) is 49.5 Å². The first-order chi connectivity index (χ1) is 21.6. The highest BCUT2D eigenvalue weighted by molar-refractivity contribution is 6.31. The molecule has 0 unspecified atom stereocenters. The fourth-order valence-electron chi connectivity index (χ4n) is 5.24. The molecule has 0 saturated carbocycles. The number of alkyl halides is 3. The Labute approximate surface area is 270 Å². The first-order valence-electron chi connectivity index (χ1n) is 15.0. The monoisotopic (exact) mass is 670 g/mol. The molecule has 2 fully saturated rings.